The molecule has 18 heavy (non-hydrogen) atoms. The maximum atomic E-state index is 5.69. The number of nitrogens with two attached hydrogens (primary N) is 1. The maximum Gasteiger partial charge on any atom is 0.129 e. The van der Waals surface area contributed by atoms with Crippen LogP contribution in [0.5, 0.6) is 5.75 Å². The molecule has 100 valence electrons. The second-order valence-electron chi connectivity index (χ2n) is 4.13. The molecule has 0 bridgehead atoms. The van der Waals surface area contributed by atoms with Crippen LogP contribution in [-0.2, 0) is 11.3 Å². The number of thiocarbonyl (C=S) groups is 1. The number of nitrogens with zero attached hydrogens (tertiary/aromatic N) is 1. The van der Waals surface area contributed by atoms with E-state index in [9.17, 15) is 0 Å². The van der Waals surface area contributed by atoms with Crippen LogP contribution in [0.15, 0.2) is 18.2 Å². The average Bonchev–Trinajstić information content (AvgIpc) is 2.36. The van der Waals surface area contributed by atoms with Crippen molar-refractivity contribution in [2.24, 2.45) is 5.73 Å². The summed E-state index contributed by atoms with van der Waals surface area (Å²) in [6.45, 7) is 2.42. The fourth-order valence-electron chi connectivity index (χ4n) is 1.68. The van der Waals surface area contributed by atoms with Gasteiger partial charge in [0.15, 0.2) is 0 Å². The van der Waals surface area contributed by atoms with E-state index < -0.39 is 0 Å². The lowest BCUT2D eigenvalue weighted by Crippen LogP contribution is -2.22. The zero-order chi connectivity index (χ0) is 13.5. The molecule has 0 unspecified atom stereocenters. The van der Waals surface area contributed by atoms with E-state index in [4.69, 9.17) is 27.4 Å². The first-order valence-corrected chi connectivity index (χ1v) is 6.13. The van der Waals surface area contributed by atoms with Gasteiger partial charge in [0.25, 0.3) is 0 Å². The van der Waals surface area contributed by atoms with Gasteiger partial charge >= 0.3 is 0 Å². The molecule has 0 aliphatic rings. The highest BCUT2D eigenvalue weighted by molar-refractivity contribution is 7.80. The molecule has 0 saturated heterocycles. The molecular weight excluding hydrogens is 248 g/mol. The van der Waals surface area contributed by atoms with Gasteiger partial charge in [0, 0.05) is 20.2 Å². The largest absolute Gasteiger partial charge is 0.496 e. The minimum Gasteiger partial charge on any atom is -0.496 e. The molecule has 0 spiro atoms. The van der Waals surface area contributed by atoms with Crippen LogP contribution in [0, 0.1) is 0 Å². The van der Waals surface area contributed by atoms with Crippen molar-refractivity contribution in [2.45, 2.75) is 6.54 Å². The van der Waals surface area contributed by atoms with Crippen LogP contribution in [0.3, 0.4) is 0 Å². The van der Waals surface area contributed by atoms with Gasteiger partial charge in [-0.3, -0.25) is 4.90 Å². The van der Waals surface area contributed by atoms with E-state index >= 15 is 0 Å². The maximum absolute atomic E-state index is 5.69. The van der Waals surface area contributed by atoms with Crippen molar-refractivity contribution in [3.8, 4) is 5.75 Å². The number of hydrogen-bond acceptors (Lipinski definition) is 4. The Bertz CT molecular complexity index is 410. The Balaban J connectivity index is 2.78. The molecule has 0 heterocycles. The van der Waals surface area contributed by atoms with Crippen LogP contribution >= 0.6 is 12.2 Å². The molecule has 0 saturated carbocycles. The average molecular weight is 268 g/mol. The lowest BCUT2D eigenvalue weighted by atomic mass is 10.1. The van der Waals surface area contributed by atoms with Gasteiger partial charge < -0.3 is 15.2 Å². The van der Waals surface area contributed by atoms with Gasteiger partial charge in [0.1, 0.15) is 10.7 Å². The zero-order valence-electron chi connectivity index (χ0n) is 11.1. The SMILES string of the molecule is COCCN(C)Cc1ccc(OC)c(C(N)=S)c1. The van der Waals surface area contributed by atoms with Crippen molar-refractivity contribution in [1.29, 1.82) is 0 Å². The Kier molecular flexibility index (Phi) is 6.04. The van der Waals surface area contributed by atoms with Crippen molar-refractivity contribution in [3.63, 3.8) is 0 Å². The first-order chi connectivity index (χ1) is 8.58. The molecule has 4 nitrogen and oxygen atoms in total. The van der Waals surface area contributed by atoms with Crippen LogP contribution in [0.1, 0.15) is 11.1 Å². The molecule has 0 radical (unpaired) electrons. The van der Waals surface area contributed by atoms with E-state index in [0.29, 0.717) is 10.7 Å². The normalized spacial score (nSPS) is 10.7. The van der Waals surface area contributed by atoms with Crippen LogP contribution in [-0.4, -0.2) is 44.3 Å². The predicted molar refractivity (Wildman–Crippen MR) is 77.1 cm³/mol. The van der Waals surface area contributed by atoms with E-state index in [1.165, 1.54) is 0 Å². The molecule has 0 fully saturated rings. The Hall–Kier alpha value is -1.17. The van der Waals surface area contributed by atoms with Gasteiger partial charge in [-0.15, -0.1) is 0 Å². The van der Waals surface area contributed by atoms with E-state index in [1.54, 1.807) is 14.2 Å². The van der Waals surface area contributed by atoms with Gasteiger partial charge in [-0.2, -0.15) is 0 Å². The molecule has 1 rings (SSSR count). The third kappa shape index (κ3) is 4.25. The highest BCUT2D eigenvalue weighted by Crippen LogP contribution is 2.20. The lowest BCUT2D eigenvalue weighted by molar-refractivity contribution is 0.158. The summed E-state index contributed by atoms with van der Waals surface area (Å²) < 4.78 is 10.3. The molecule has 0 aliphatic carbocycles. The van der Waals surface area contributed by atoms with Crippen molar-refractivity contribution < 1.29 is 9.47 Å². The van der Waals surface area contributed by atoms with E-state index in [2.05, 4.69) is 4.90 Å². The first kappa shape index (κ1) is 14.9. The Labute approximate surface area is 114 Å². The fourth-order valence-corrected chi connectivity index (χ4v) is 1.84. The lowest BCUT2D eigenvalue weighted by Gasteiger charge is -2.17. The van der Waals surface area contributed by atoms with Crippen LogP contribution in [0.4, 0.5) is 0 Å². The summed E-state index contributed by atoms with van der Waals surface area (Å²) in [4.78, 5) is 2.53. The van der Waals surface area contributed by atoms with Gasteiger partial charge in [-0.25, -0.2) is 0 Å². The number of hydrogen-bond donors (Lipinski definition) is 1. The van der Waals surface area contributed by atoms with Gasteiger partial charge in [-0.1, -0.05) is 18.3 Å². The summed E-state index contributed by atoms with van der Waals surface area (Å²) in [5.74, 6) is 0.714. The van der Waals surface area contributed by atoms with Crippen LogP contribution < -0.4 is 10.5 Å². The van der Waals surface area contributed by atoms with E-state index in [1.807, 2.05) is 25.2 Å². The van der Waals surface area contributed by atoms with Crippen molar-refractivity contribution in [1.82, 2.24) is 4.90 Å². The molecule has 1 aromatic carbocycles. The summed E-state index contributed by atoms with van der Waals surface area (Å²) in [6, 6.07) is 5.89. The topological polar surface area (TPSA) is 47.7 Å². The summed E-state index contributed by atoms with van der Waals surface area (Å²) in [7, 11) is 5.36. The molecule has 0 atom stereocenters. The standard InChI is InChI=1S/C13H20N2O2S/c1-15(6-7-16-2)9-10-4-5-12(17-3)11(8-10)13(14)18/h4-5,8H,6-7,9H2,1-3H3,(H2,14,18). The highest BCUT2D eigenvalue weighted by Gasteiger charge is 2.08. The molecule has 0 amide bonds. The minimum absolute atomic E-state index is 0.355. The summed E-state index contributed by atoms with van der Waals surface area (Å²) in [6.07, 6.45) is 0. The van der Waals surface area contributed by atoms with Gasteiger partial charge in [0.05, 0.1) is 19.3 Å². The van der Waals surface area contributed by atoms with Gasteiger partial charge in [0.2, 0.25) is 0 Å². The monoisotopic (exact) mass is 268 g/mol. The number of methoxy groups -OCH3 is 2. The molecular formula is C13H20N2O2S. The van der Waals surface area contributed by atoms with Crippen molar-refractivity contribution in [3.05, 3.63) is 29.3 Å². The summed E-state index contributed by atoms with van der Waals surface area (Å²) >= 11 is 5.02. The third-order valence-electron chi connectivity index (χ3n) is 2.66. The molecule has 0 aliphatic heterocycles. The van der Waals surface area contributed by atoms with E-state index in [-0.39, 0.29) is 0 Å². The van der Waals surface area contributed by atoms with Crippen LogP contribution in [0.2, 0.25) is 0 Å². The minimum atomic E-state index is 0.355. The number of ether oxygens (including phenoxy) is 2. The summed E-state index contributed by atoms with van der Waals surface area (Å²) in [5, 5.41) is 0. The smallest absolute Gasteiger partial charge is 0.129 e. The number of likely N-dealkylation sites (N-methyl/N-ethyl adjacent to an activating group) is 1. The molecule has 0 aromatic heterocycles. The van der Waals surface area contributed by atoms with Gasteiger partial charge in [-0.05, 0) is 24.7 Å². The zero-order valence-corrected chi connectivity index (χ0v) is 11.9. The molecule has 5 heteroatoms. The van der Waals surface area contributed by atoms with Crippen LogP contribution in [0.25, 0.3) is 0 Å². The highest BCUT2D eigenvalue weighted by atomic mass is 32.1. The second kappa shape index (κ2) is 7.31. The molecule has 1 aromatic rings. The fraction of sp³-hybridized carbons (Fsp3) is 0.462. The second-order valence-corrected chi connectivity index (χ2v) is 4.57. The summed E-state index contributed by atoms with van der Waals surface area (Å²) in [5.41, 5.74) is 7.62. The van der Waals surface area contributed by atoms with E-state index in [0.717, 1.165) is 30.8 Å². The Morgan fingerprint density at radius 3 is 2.67 bits per heavy atom. The molecule has 2 N–H and O–H groups in total. The van der Waals surface area contributed by atoms with Crippen molar-refractivity contribution >= 4 is 17.2 Å². The Morgan fingerprint density at radius 2 is 2.11 bits per heavy atom. The first-order valence-electron chi connectivity index (χ1n) is 5.72. The quantitative estimate of drug-likeness (QED) is 0.758. The Morgan fingerprint density at radius 1 is 1.39 bits per heavy atom. The predicted octanol–water partition coefficient (Wildman–Crippen LogP) is 1.41. The third-order valence-corrected chi connectivity index (χ3v) is 2.88. The van der Waals surface area contributed by atoms with Crippen molar-refractivity contribution in [2.75, 3.05) is 34.4 Å². The number of rotatable bonds is 7. The number of benzene rings is 1.